The molecule has 0 heterocycles. The van der Waals surface area contributed by atoms with Crippen LogP contribution in [0.5, 0.6) is 0 Å². The summed E-state index contributed by atoms with van der Waals surface area (Å²) in [7, 11) is 0. The summed E-state index contributed by atoms with van der Waals surface area (Å²) >= 11 is 0. The summed E-state index contributed by atoms with van der Waals surface area (Å²) in [6.07, 6.45) is 7.14. The molecule has 84 valence electrons. The van der Waals surface area contributed by atoms with Gasteiger partial charge in [0, 0.05) is 0 Å². The largest absolute Gasteiger partial charge is 0.0651 e. The minimum absolute atomic E-state index is 0.581. The Hall–Kier alpha value is 0. The van der Waals surface area contributed by atoms with Gasteiger partial charge in [-0.15, -0.1) is 0 Å². The van der Waals surface area contributed by atoms with Crippen molar-refractivity contribution >= 4 is 0 Å². The molecule has 0 aromatic carbocycles. The van der Waals surface area contributed by atoms with Crippen LogP contribution in [0, 0.1) is 23.2 Å². The van der Waals surface area contributed by atoms with Crippen LogP contribution in [0.2, 0.25) is 0 Å². The van der Waals surface area contributed by atoms with E-state index in [-0.39, 0.29) is 0 Å². The Morgan fingerprint density at radius 1 is 1.07 bits per heavy atom. The first-order valence-corrected chi connectivity index (χ1v) is 6.51. The molecule has 0 amide bonds. The highest BCUT2D eigenvalue weighted by atomic mass is 14.4. The molecule has 0 nitrogen and oxygen atoms in total. The molecule has 0 saturated heterocycles. The molecule has 0 N–H and O–H groups in total. The second-order valence-electron chi connectivity index (χ2n) is 6.00. The average molecular weight is 196 g/mol. The first-order chi connectivity index (χ1) is 6.51. The molecule has 0 spiro atoms. The summed E-state index contributed by atoms with van der Waals surface area (Å²) in [4.78, 5) is 0. The molecule has 1 rings (SSSR count). The van der Waals surface area contributed by atoms with Crippen molar-refractivity contribution in [3.8, 4) is 0 Å². The first kappa shape index (κ1) is 12.1. The predicted molar refractivity (Wildman–Crippen MR) is 64.4 cm³/mol. The van der Waals surface area contributed by atoms with Crippen LogP contribution in [0.1, 0.15) is 66.7 Å². The van der Waals surface area contributed by atoms with Gasteiger partial charge in [0.05, 0.1) is 0 Å². The maximum atomic E-state index is 2.46. The topological polar surface area (TPSA) is 0 Å². The van der Waals surface area contributed by atoms with E-state index in [0.29, 0.717) is 5.41 Å². The molecule has 0 aromatic rings. The molecule has 0 radical (unpaired) electrons. The van der Waals surface area contributed by atoms with Gasteiger partial charge in [0.15, 0.2) is 0 Å². The van der Waals surface area contributed by atoms with E-state index in [4.69, 9.17) is 0 Å². The Kier molecular flexibility index (Phi) is 4.04. The lowest BCUT2D eigenvalue weighted by Gasteiger charge is -2.30. The Bertz CT molecular complexity index is 169. The van der Waals surface area contributed by atoms with Gasteiger partial charge in [0.25, 0.3) is 0 Å². The van der Waals surface area contributed by atoms with E-state index in [9.17, 15) is 0 Å². The van der Waals surface area contributed by atoms with E-state index in [0.717, 1.165) is 17.8 Å². The van der Waals surface area contributed by atoms with Crippen LogP contribution in [-0.4, -0.2) is 0 Å². The predicted octanol–water partition coefficient (Wildman–Crippen LogP) is 4.89. The molecule has 0 aromatic heterocycles. The lowest BCUT2D eigenvalue weighted by atomic mass is 9.75. The van der Waals surface area contributed by atoms with Crippen molar-refractivity contribution in [2.24, 2.45) is 23.2 Å². The Morgan fingerprint density at radius 2 is 1.64 bits per heavy atom. The van der Waals surface area contributed by atoms with Gasteiger partial charge in [0.1, 0.15) is 0 Å². The van der Waals surface area contributed by atoms with Crippen molar-refractivity contribution in [1.29, 1.82) is 0 Å². The standard InChI is InChI=1S/C14H28/c1-6-12-8-9-14(4,5)11(3)10-13(12)7-2/h11-13H,6-10H2,1-5H3. The quantitative estimate of drug-likeness (QED) is 0.552. The Morgan fingerprint density at radius 3 is 2.14 bits per heavy atom. The van der Waals surface area contributed by atoms with E-state index in [1.165, 1.54) is 32.1 Å². The molecule has 1 saturated carbocycles. The van der Waals surface area contributed by atoms with E-state index in [1.807, 2.05) is 0 Å². The van der Waals surface area contributed by atoms with Gasteiger partial charge in [-0.1, -0.05) is 47.5 Å². The normalized spacial score (nSPS) is 37.9. The maximum Gasteiger partial charge on any atom is -0.0328 e. The van der Waals surface area contributed by atoms with Crippen molar-refractivity contribution in [3.05, 3.63) is 0 Å². The molecular formula is C14H28. The van der Waals surface area contributed by atoms with Crippen molar-refractivity contribution in [3.63, 3.8) is 0 Å². The zero-order valence-corrected chi connectivity index (χ0v) is 10.8. The second kappa shape index (κ2) is 4.68. The van der Waals surface area contributed by atoms with Gasteiger partial charge >= 0.3 is 0 Å². The van der Waals surface area contributed by atoms with Gasteiger partial charge < -0.3 is 0 Å². The van der Waals surface area contributed by atoms with Crippen molar-refractivity contribution in [2.45, 2.75) is 66.7 Å². The van der Waals surface area contributed by atoms with Crippen LogP contribution < -0.4 is 0 Å². The van der Waals surface area contributed by atoms with Gasteiger partial charge in [-0.3, -0.25) is 0 Å². The van der Waals surface area contributed by atoms with E-state index < -0.39 is 0 Å². The minimum Gasteiger partial charge on any atom is -0.0651 e. The van der Waals surface area contributed by atoms with Crippen LogP contribution in [0.4, 0.5) is 0 Å². The van der Waals surface area contributed by atoms with Crippen molar-refractivity contribution < 1.29 is 0 Å². The molecule has 1 fully saturated rings. The van der Waals surface area contributed by atoms with Crippen molar-refractivity contribution in [2.75, 3.05) is 0 Å². The van der Waals surface area contributed by atoms with E-state index in [1.54, 1.807) is 0 Å². The zero-order chi connectivity index (χ0) is 10.8. The monoisotopic (exact) mass is 196 g/mol. The second-order valence-corrected chi connectivity index (χ2v) is 6.00. The highest BCUT2D eigenvalue weighted by Crippen LogP contribution is 2.44. The van der Waals surface area contributed by atoms with Gasteiger partial charge in [0.2, 0.25) is 0 Å². The maximum absolute atomic E-state index is 2.46. The van der Waals surface area contributed by atoms with Crippen molar-refractivity contribution in [1.82, 2.24) is 0 Å². The number of rotatable bonds is 2. The fourth-order valence-electron chi connectivity index (χ4n) is 3.04. The molecule has 0 heteroatoms. The molecular weight excluding hydrogens is 168 g/mol. The summed E-state index contributed by atoms with van der Waals surface area (Å²) < 4.78 is 0. The molecule has 3 atom stereocenters. The highest BCUT2D eigenvalue weighted by Gasteiger charge is 2.34. The third-order valence-corrected chi connectivity index (χ3v) is 4.87. The van der Waals surface area contributed by atoms with E-state index >= 15 is 0 Å². The minimum atomic E-state index is 0.581. The first-order valence-electron chi connectivity index (χ1n) is 6.51. The fourth-order valence-corrected chi connectivity index (χ4v) is 3.04. The van der Waals surface area contributed by atoms with Crippen LogP contribution in [-0.2, 0) is 0 Å². The summed E-state index contributed by atoms with van der Waals surface area (Å²) in [5, 5.41) is 0. The summed E-state index contributed by atoms with van der Waals surface area (Å²) in [6.45, 7) is 12.1. The lowest BCUT2D eigenvalue weighted by Crippen LogP contribution is -2.21. The summed E-state index contributed by atoms with van der Waals surface area (Å²) in [5.41, 5.74) is 0.581. The Balaban J connectivity index is 2.71. The Labute approximate surface area is 90.5 Å². The lowest BCUT2D eigenvalue weighted by molar-refractivity contribution is 0.200. The van der Waals surface area contributed by atoms with Crippen LogP contribution in [0.25, 0.3) is 0 Å². The third-order valence-electron chi connectivity index (χ3n) is 4.87. The van der Waals surface area contributed by atoms with Crippen LogP contribution >= 0.6 is 0 Å². The van der Waals surface area contributed by atoms with Gasteiger partial charge in [-0.05, 0) is 42.4 Å². The molecule has 0 bridgehead atoms. The summed E-state index contributed by atoms with van der Waals surface area (Å²) in [6, 6.07) is 0. The fraction of sp³-hybridized carbons (Fsp3) is 1.00. The highest BCUT2D eigenvalue weighted by molar-refractivity contribution is 4.84. The van der Waals surface area contributed by atoms with Gasteiger partial charge in [-0.2, -0.15) is 0 Å². The number of hydrogen-bond acceptors (Lipinski definition) is 0. The smallest absolute Gasteiger partial charge is 0.0328 e. The average Bonchev–Trinajstić information content (AvgIpc) is 2.25. The molecule has 1 aliphatic carbocycles. The molecule has 14 heavy (non-hydrogen) atoms. The molecule has 0 aliphatic heterocycles. The number of hydrogen-bond donors (Lipinski definition) is 0. The van der Waals surface area contributed by atoms with Gasteiger partial charge in [-0.25, -0.2) is 0 Å². The van der Waals surface area contributed by atoms with Crippen LogP contribution in [0.3, 0.4) is 0 Å². The zero-order valence-electron chi connectivity index (χ0n) is 10.8. The molecule has 1 aliphatic rings. The molecule has 3 unspecified atom stereocenters. The summed E-state index contributed by atoms with van der Waals surface area (Å²) in [5.74, 6) is 2.91. The van der Waals surface area contributed by atoms with E-state index in [2.05, 4.69) is 34.6 Å². The third kappa shape index (κ3) is 2.52. The van der Waals surface area contributed by atoms with Crippen LogP contribution in [0.15, 0.2) is 0 Å². The SMILES string of the molecule is CCC1CCC(C)(C)C(C)CC1CC.